The summed E-state index contributed by atoms with van der Waals surface area (Å²) in [4.78, 5) is 0. The maximum Gasteiger partial charge on any atom is 0.134 e. The number of hydrogen-bond acceptors (Lipinski definition) is 4. The van der Waals surface area contributed by atoms with Crippen LogP contribution >= 0.6 is 0 Å². The van der Waals surface area contributed by atoms with Gasteiger partial charge in [-0.3, -0.25) is 0 Å². The summed E-state index contributed by atoms with van der Waals surface area (Å²) in [6.07, 6.45) is 0. The molecule has 0 aromatic heterocycles. The van der Waals surface area contributed by atoms with Crippen molar-refractivity contribution in [1.82, 2.24) is 0 Å². The van der Waals surface area contributed by atoms with Crippen LogP contribution in [0, 0.1) is 0 Å². The Balaban J connectivity index is 2.37. The third-order valence-electron chi connectivity index (χ3n) is 3.88. The quantitative estimate of drug-likeness (QED) is 0.783. The number of methoxy groups -OCH3 is 3. The molecule has 0 fully saturated rings. The molecule has 0 radical (unpaired) electrons. The number of ether oxygens (including phenoxy) is 3. The lowest BCUT2D eigenvalue weighted by Gasteiger charge is -2.16. The summed E-state index contributed by atoms with van der Waals surface area (Å²) in [6, 6.07) is 14.8. The van der Waals surface area contributed by atoms with Gasteiger partial charge in [0.2, 0.25) is 0 Å². The van der Waals surface area contributed by atoms with Gasteiger partial charge >= 0.3 is 0 Å². The molecule has 4 nitrogen and oxygen atoms in total. The number of phenols is 1. The zero-order chi connectivity index (χ0) is 16.4. The van der Waals surface area contributed by atoms with E-state index in [9.17, 15) is 5.11 Å². The second-order valence-corrected chi connectivity index (χ2v) is 5.09. The van der Waals surface area contributed by atoms with E-state index in [1.807, 2.05) is 30.3 Å². The zero-order valence-corrected chi connectivity index (χ0v) is 13.3. The highest BCUT2D eigenvalue weighted by Crippen LogP contribution is 2.45. The highest BCUT2D eigenvalue weighted by Gasteiger charge is 2.17. The van der Waals surface area contributed by atoms with Gasteiger partial charge in [0.1, 0.15) is 23.0 Å². The van der Waals surface area contributed by atoms with E-state index in [0.717, 1.165) is 22.1 Å². The minimum absolute atomic E-state index is 0.154. The van der Waals surface area contributed by atoms with Crippen LogP contribution in [-0.2, 0) is 0 Å². The van der Waals surface area contributed by atoms with E-state index in [1.54, 1.807) is 39.5 Å². The maximum atomic E-state index is 10.3. The van der Waals surface area contributed by atoms with Crippen molar-refractivity contribution in [2.24, 2.45) is 0 Å². The number of rotatable bonds is 4. The Morgan fingerprint density at radius 2 is 1.48 bits per heavy atom. The topological polar surface area (TPSA) is 47.9 Å². The Morgan fingerprint density at radius 1 is 0.739 bits per heavy atom. The van der Waals surface area contributed by atoms with E-state index in [4.69, 9.17) is 14.2 Å². The van der Waals surface area contributed by atoms with Crippen LogP contribution < -0.4 is 14.2 Å². The molecule has 118 valence electrons. The molecule has 0 aliphatic carbocycles. The molecule has 1 N–H and O–H groups in total. The van der Waals surface area contributed by atoms with Gasteiger partial charge < -0.3 is 19.3 Å². The molecule has 0 heterocycles. The highest BCUT2D eigenvalue weighted by molar-refractivity contribution is 6.00. The van der Waals surface area contributed by atoms with E-state index < -0.39 is 0 Å². The average Bonchev–Trinajstić information content (AvgIpc) is 2.60. The summed E-state index contributed by atoms with van der Waals surface area (Å²) in [5.41, 5.74) is 1.38. The monoisotopic (exact) mass is 310 g/mol. The normalized spacial score (nSPS) is 10.6. The number of fused-ring (bicyclic) bond motifs is 1. The van der Waals surface area contributed by atoms with Gasteiger partial charge in [0.25, 0.3) is 0 Å². The van der Waals surface area contributed by atoms with Gasteiger partial charge in [0.05, 0.1) is 21.3 Å². The highest BCUT2D eigenvalue weighted by atomic mass is 16.5. The van der Waals surface area contributed by atoms with Gasteiger partial charge in [-0.05, 0) is 24.3 Å². The lowest BCUT2D eigenvalue weighted by atomic mass is 9.97. The predicted molar refractivity (Wildman–Crippen MR) is 90.7 cm³/mol. The molecule has 0 atom stereocenters. The standard InChI is InChI=1S/C19H18O4/c1-21-12-8-9-17(20)15(10-12)16-11-18(22-2)13-6-4-5-7-14(13)19(16)23-3/h4-11,20H,1-3H3. The molecule has 3 aromatic carbocycles. The number of hydrogen-bond donors (Lipinski definition) is 1. The van der Waals surface area contributed by atoms with Crippen LogP contribution in [0.3, 0.4) is 0 Å². The molecule has 23 heavy (non-hydrogen) atoms. The number of benzene rings is 3. The van der Waals surface area contributed by atoms with Crippen molar-refractivity contribution in [2.75, 3.05) is 21.3 Å². The third kappa shape index (κ3) is 2.52. The van der Waals surface area contributed by atoms with Crippen LogP contribution in [0.1, 0.15) is 0 Å². The van der Waals surface area contributed by atoms with Gasteiger partial charge in [-0.25, -0.2) is 0 Å². The molecular formula is C19H18O4. The van der Waals surface area contributed by atoms with Crippen LogP contribution in [0.5, 0.6) is 23.0 Å². The van der Waals surface area contributed by atoms with E-state index >= 15 is 0 Å². The van der Waals surface area contributed by atoms with Crippen molar-refractivity contribution in [3.05, 3.63) is 48.5 Å². The van der Waals surface area contributed by atoms with Crippen molar-refractivity contribution in [2.45, 2.75) is 0 Å². The first-order valence-corrected chi connectivity index (χ1v) is 7.20. The molecule has 0 saturated heterocycles. The molecule has 3 rings (SSSR count). The fourth-order valence-corrected chi connectivity index (χ4v) is 2.76. The molecule has 0 aliphatic rings. The molecule has 0 spiro atoms. The lowest BCUT2D eigenvalue weighted by Crippen LogP contribution is -1.94. The molecule has 0 bridgehead atoms. The SMILES string of the molecule is COc1ccc(O)c(-c2cc(OC)c3ccccc3c2OC)c1. The van der Waals surface area contributed by atoms with Gasteiger partial charge in [-0.1, -0.05) is 24.3 Å². The first kappa shape index (κ1) is 15.0. The Labute approximate surface area is 134 Å². The summed E-state index contributed by atoms with van der Waals surface area (Å²) in [6.45, 7) is 0. The Bertz CT molecular complexity index is 855. The predicted octanol–water partition coefficient (Wildman–Crippen LogP) is 4.24. The van der Waals surface area contributed by atoms with Crippen LogP contribution in [0.2, 0.25) is 0 Å². The van der Waals surface area contributed by atoms with Crippen LogP contribution in [0.15, 0.2) is 48.5 Å². The molecular weight excluding hydrogens is 292 g/mol. The van der Waals surface area contributed by atoms with E-state index in [0.29, 0.717) is 17.1 Å². The van der Waals surface area contributed by atoms with Crippen LogP contribution in [-0.4, -0.2) is 26.4 Å². The fourth-order valence-electron chi connectivity index (χ4n) is 2.76. The van der Waals surface area contributed by atoms with E-state index in [1.165, 1.54) is 0 Å². The Morgan fingerprint density at radius 3 is 2.13 bits per heavy atom. The van der Waals surface area contributed by atoms with Gasteiger partial charge in [0, 0.05) is 21.9 Å². The molecule has 3 aromatic rings. The van der Waals surface area contributed by atoms with Crippen molar-refractivity contribution < 1.29 is 19.3 Å². The molecule has 4 heteroatoms. The first-order chi connectivity index (χ1) is 11.2. The van der Waals surface area contributed by atoms with Crippen molar-refractivity contribution >= 4 is 10.8 Å². The van der Waals surface area contributed by atoms with Crippen LogP contribution in [0.4, 0.5) is 0 Å². The minimum atomic E-state index is 0.154. The van der Waals surface area contributed by atoms with Crippen LogP contribution in [0.25, 0.3) is 21.9 Å². The largest absolute Gasteiger partial charge is 0.507 e. The second-order valence-electron chi connectivity index (χ2n) is 5.09. The summed E-state index contributed by atoms with van der Waals surface area (Å²) in [7, 11) is 4.84. The third-order valence-corrected chi connectivity index (χ3v) is 3.88. The van der Waals surface area contributed by atoms with Gasteiger partial charge in [0.15, 0.2) is 0 Å². The Kier molecular flexibility index (Phi) is 3.98. The van der Waals surface area contributed by atoms with Crippen molar-refractivity contribution in [1.29, 1.82) is 0 Å². The summed E-state index contributed by atoms with van der Waals surface area (Å²) in [5.74, 6) is 2.22. The number of aromatic hydroxyl groups is 1. The average molecular weight is 310 g/mol. The minimum Gasteiger partial charge on any atom is -0.507 e. The molecule has 0 aliphatic heterocycles. The van der Waals surface area contributed by atoms with E-state index in [-0.39, 0.29) is 5.75 Å². The first-order valence-electron chi connectivity index (χ1n) is 7.20. The number of phenolic OH excluding ortho intramolecular Hbond substituents is 1. The lowest BCUT2D eigenvalue weighted by molar-refractivity contribution is 0.409. The summed E-state index contributed by atoms with van der Waals surface area (Å²) in [5, 5.41) is 12.2. The fraction of sp³-hybridized carbons (Fsp3) is 0.158. The smallest absolute Gasteiger partial charge is 0.134 e. The summed E-state index contributed by atoms with van der Waals surface area (Å²) < 4.78 is 16.4. The molecule has 0 unspecified atom stereocenters. The second kappa shape index (κ2) is 6.08. The molecule has 0 saturated carbocycles. The summed E-state index contributed by atoms with van der Waals surface area (Å²) >= 11 is 0. The zero-order valence-electron chi connectivity index (χ0n) is 13.3. The van der Waals surface area contributed by atoms with Gasteiger partial charge in [-0.15, -0.1) is 0 Å². The maximum absolute atomic E-state index is 10.3. The van der Waals surface area contributed by atoms with E-state index in [2.05, 4.69) is 0 Å². The van der Waals surface area contributed by atoms with Crippen molar-refractivity contribution in [3.8, 4) is 34.1 Å². The van der Waals surface area contributed by atoms with Gasteiger partial charge in [-0.2, -0.15) is 0 Å². The molecule has 0 amide bonds. The van der Waals surface area contributed by atoms with Crippen molar-refractivity contribution in [3.63, 3.8) is 0 Å². The Hall–Kier alpha value is -2.88.